The molecule has 3 nitrogen and oxygen atoms in total. The van der Waals surface area contributed by atoms with E-state index >= 15 is 0 Å². The van der Waals surface area contributed by atoms with Gasteiger partial charge >= 0.3 is 0 Å². The molecule has 1 aliphatic rings. The summed E-state index contributed by atoms with van der Waals surface area (Å²) in [5.74, 6) is 1.31. The summed E-state index contributed by atoms with van der Waals surface area (Å²) in [5.41, 5.74) is 1.43. The van der Waals surface area contributed by atoms with E-state index in [0.29, 0.717) is 23.2 Å². The van der Waals surface area contributed by atoms with E-state index in [0.717, 1.165) is 0 Å². The fourth-order valence-corrected chi connectivity index (χ4v) is 3.31. The second-order valence-corrected chi connectivity index (χ2v) is 8.20. The topological polar surface area (TPSA) is 46.1 Å². The number of rotatable bonds is 6. The second kappa shape index (κ2) is 8.36. The Morgan fingerprint density at radius 3 is 2.57 bits per heavy atom. The Morgan fingerprint density at radius 1 is 1.26 bits per heavy atom. The number of hydrogen-bond donors (Lipinski definition) is 2. The molecule has 2 rings (SSSR count). The molecule has 0 amide bonds. The number of quaternary nitrogens is 1. The molecule has 130 valence electrons. The highest BCUT2D eigenvalue weighted by molar-refractivity contribution is 6.32. The molecule has 0 aromatic heterocycles. The normalized spacial score (nSPS) is 18.0. The number of ether oxygens (including phenoxy) is 1. The summed E-state index contributed by atoms with van der Waals surface area (Å²) in [4.78, 5) is 0. The van der Waals surface area contributed by atoms with Crippen LogP contribution in [0.4, 0.5) is 0 Å². The number of aliphatic hydroxyl groups is 1. The second-order valence-electron chi connectivity index (χ2n) is 7.80. The molecule has 23 heavy (non-hydrogen) atoms. The molecular weight excluding hydrogens is 310 g/mol. The standard InChI is InChI=1S/C19H30ClNO2/c1-19(2,3)21-12-16(22)13-23-18-10-9-15(11-17(18)20)14-7-5-4-6-8-14/h9-11,14,16,21-22H,4-8,12-13H2,1-3H3/p+1/t16-/m0/s1. The van der Waals surface area contributed by atoms with Gasteiger partial charge in [-0.1, -0.05) is 36.9 Å². The fourth-order valence-electron chi connectivity index (χ4n) is 3.07. The van der Waals surface area contributed by atoms with Gasteiger partial charge < -0.3 is 15.2 Å². The highest BCUT2D eigenvalue weighted by Crippen LogP contribution is 2.36. The van der Waals surface area contributed by atoms with Crippen LogP contribution in [0.2, 0.25) is 5.02 Å². The highest BCUT2D eigenvalue weighted by atomic mass is 35.5. The summed E-state index contributed by atoms with van der Waals surface area (Å²) in [6.45, 7) is 7.28. The van der Waals surface area contributed by atoms with E-state index in [1.54, 1.807) is 0 Å². The monoisotopic (exact) mass is 340 g/mol. The average molecular weight is 341 g/mol. The van der Waals surface area contributed by atoms with E-state index in [9.17, 15) is 5.11 Å². The summed E-state index contributed by atoms with van der Waals surface area (Å²) in [7, 11) is 0. The Bertz CT molecular complexity index is 493. The van der Waals surface area contributed by atoms with Gasteiger partial charge in [-0.25, -0.2) is 0 Å². The van der Waals surface area contributed by atoms with Crippen molar-refractivity contribution in [2.75, 3.05) is 13.2 Å². The number of aliphatic hydroxyl groups excluding tert-OH is 1. The van der Waals surface area contributed by atoms with Gasteiger partial charge in [0.25, 0.3) is 0 Å². The van der Waals surface area contributed by atoms with Gasteiger partial charge in [-0.15, -0.1) is 0 Å². The van der Waals surface area contributed by atoms with Crippen LogP contribution < -0.4 is 10.1 Å². The Balaban J connectivity index is 1.85. The predicted molar refractivity (Wildman–Crippen MR) is 95.3 cm³/mol. The first kappa shape index (κ1) is 18.6. The van der Waals surface area contributed by atoms with Crippen molar-refractivity contribution in [3.63, 3.8) is 0 Å². The van der Waals surface area contributed by atoms with E-state index in [1.807, 2.05) is 12.1 Å². The number of hydrogen-bond acceptors (Lipinski definition) is 2. The van der Waals surface area contributed by atoms with Gasteiger partial charge in [-0.3, -0.25) is 0 Å². The van der Waals surface area contributed by atoms with Crippen molar-refractivity contribution in [2.45, 2.75) is 70.4 Å². The zero-order valence-corrected chi connectivity index (χ0v) is 15.4. The van der Waals surface area contributed by atoms with E-state index in [4.69, 9.17) is 16.3 Å². The van der Waals surface area contributed by atoms with Crippen molar-refractivity contribution in [1.29, 1.82) is 0 Å². The summed E-state index contributed by atoms with van der Waals surface area (Å²) in [6, 6.07) is 6.12. The van der Waals surface area contributed by atoms with Crippen LogP contribution in [-0.4, -0.2) is 29.9 Å². The van der Waals surface area contributed by atoms with Crippen molar-refractivity contribution in [3.8, 4) is 5.75 Å². The van der Waals surface area contributed by atoms with E-state index < -0.39 is 6.10 Å². The lowest BCUT2D eigenvalue weighted by Gasteiger charge is -2.23. The molecule has 0 radical (unpaired) electrons. The Kier molecular flexibility index (Phi) is 6.75. The summed E-state index contributed by atoms with van der Waals surface area (Å²) in [5, 5.41) is 12.8. The molecule has 0 saturated heterocycles. The zero-order valence-electron chi connectivity index (χ0n) is 14.6. The fraction of sp³-hybridized carbons (Fsp3) is 0.684. The maximum atomic E-state index is 10.0. The third-order valence-corrected chi connectivity index (χ3v) is 4.76. The SMILES string of the molecule is CC(C)(C)[NH2+]C[C@H](O)COc1ccc(C2CCCCC2)cc1Cl. The molecule has 1 fully saturated rings. The lowest BCUT2D eigenvalue weighted by atomic mass is 9.84. The van der Waals surface area contributed by atoms with Crippen LogP contribution in [0.25, 0.3) is 0 Å². The maximum Gasteiger partial charge on any atom is 0.138 e. The van der Waals surface area contributed by atoms with Gasteiger partial charge in [0.1, 0.15) is 25.0 Å². The molecule has 0 spiro atoms. The van der Waals surface area contributed by atoms with Crippen molar-refractivity contribution in [1.82, 2.24) is 0 Å². The van der Waals surface area contributed by atoms with Crippen LogP contribution in [0.1, 0.15) is 64.4 Å². The molecule has 3 N–H and O–H groups in total. The van der Waals surface area contributed by atoms with Crippen molar-refractivity contribution < 1.29 is 15.2 Å². The molecule has 1 aliphatic carbocycles. The minimum absolute atomic E-state index is 0.111. The van der Waals surface area contributed by atoms with Crippen LogP contribution in [0.3, 0.4) is 0 Å². The molecule has 0 unspecified atom stereocenters. The summed E-state index contributed by atoms with van der Waals surface area (Å²) in [6.07, 6.45) is 6.02. The molecule has 1 aromatic carbocycles. The molecule has 0 aliphatic heterocycles. The van der Waals surface area contributed by atoms with Crippen molar-refractivity contribution in [3.05, 3.63) is 28.8 Å². The third-order valence-electron chi connectivity index (χ3n) is 4.47. The van der Waals surface area contributed by atoms with Crippen molar-refractivity contribution >= 4 is 11.6 Å². The zero-order chi connectivity index (χ0) is 16.9. The Labute approximate surface area is 145 Å². The van der Waals surface area contributed by atoms with Gasteiger partial charge in [0, 0.05) is 0 Å². The maximum absolute atomic E-state index is 10.0. The third kappa shape index (κ3) is 6.33. The van der Waals surface area contributed by atoms with E-state index in [2.05, 4.69) is 32.2 Å². The molecule has 0 bridgehead atoms. The summed E-state index contributed by atoms with van der Waals surface area (Å²) >= 11 is 6.37. The largest absolute Gasteiger partial charge is 0.489 e. The lowest BCUT2D eigenvalue weighted by Crippen LogP contribution is -2.96. The molecule has 0 heterocycles. The molecule has 4 heteroatoms. The quantitative estimate of drug-likeness (QED) is 0.832. The van der Waals surface area contributed by atoms with Crippen molar-refractivity contribution in [2.24, 2.45) is 0 Å². The highest BCUT2D eigenvalue weighted by Gasteiger charge is 2.18. The predicted octanol–water partition coefficient (Wildman–Crippen LogP) is 3.49. The first-order chi connectivity index (χ1) is 10.8. The van der Waals surface area contributed by atoms with Gasteiger partial charge in [0.15, 0.2) is 0 Å². The minimum Gasteiger partial charge on any atom is -0.489 e. The number of nitrogens with two attached hydrogens (primary N) is 1. The number of benzene rings is 1. The number of halogens is 1. The van der Waals surface area contributed by atoms with Gasteiger partial charge in [0.05, 0.1) is 10.6 Å². The average Bonchev–Trinajstić information content (AvgIpc) is 2.52. The molecule has 1 atom stereocenters. The van der Waals surface area contributed by atoms with Crippen LogP contribution in [0.5, 0.6) is 5.75 Å². The molecule has 1 aromatic rings. The van der Waals surface area contributed by atoms with Gasteiger partial charge in [0.2, 0.25) is 0 Å². The molecular formula is C19H31ClNO2+. The minimum atomic E-state index is -0.497. The lowest BCUT2D eigenvalue weighted by molar-refractivity contribution is -0.722. The summed E-state index contributed by atoms with van der Waals surface area (Å²) < 4.78 is 5.70. The Hall–Kier alpha value is -0.770. The smallest absolute Gasteiger partial charge is 0.138 e. The first-order valence-electron chi connectivity index (χ1n) is 8.80. The van der Waals surface area contributed by atoms with Crippen LogP contribution >= 0.6 is 11.6 Å². The van der Waals surface area contributed by atoms with Crippen LogP contribution in [0.15, 0.2) is 18.2 Å². The van der Waals surface area contributed by atoms with E-state index in [-0.39, 0.29) is 12.1 Å². The Morgan fingerprint density at radius 2 is 1.96 bits per heavy atom. The first-order valence-corrected chi connectivity index (χ1v) is 9.17. The van der Waals surface area contributed by atoms with Crippen LogP contribution in [-0.2, 0) is 0 Å². The molecule has 1 saturated carbocycles. The van der Waals surface area contributed by atoms with Crippen LogP contribution in [0, 0.1) is 0 Å². The van der Waals surface area contributed by atoms with E-state index in [1.165, 1.54) is 37.7 Å². The van der Waals surface area contributed by atoms with Gasteiger partial charge in [-0.05, 0) is 57.2 Å². The van der Waals surface area contributed by atoms with Gasteiger partial charge in [-0.2, -0.15) is 0 Å².